The number of carbonyl (C=O) groups excluding carboxylic acids is 3. The Bertz CT molecular complexity index is 534. The molecule has 0 unspecified atom stereocenters. The van der Waals surface area contributed by atoms with Crippen LogP contribution in [-0.4, -0.2) is 38.9 Å². The van der Waals surface area contributed by atoms with E-state index < -0.39 is 0 Å². The Morgan fingerprint density at radius 3 is 2.62 bits per heavy atom. The van der Waals surface area contributed by atoms with E-state index >= 15 is 0 Å². The van der Waals surface area contributed by atoms with Gasteiger partial charge in [0.15, 0.2) is 0 Å². The molecule has 0 atom stereocenters. The minimum Gasteiger partial charge on any atom is -0.311 e. The number of carbonyl (C=O) groups is 3. The van der Waals surface area contributed by atoms with Gasteiger partial charge in [0.05, 0.1) is 6.20 Å². The molecule has 7 heteroatoms. The fraction of sp³-hybridized carbons (Fsp3) is 0.571. The molecule has 2 heterocycles. The largest absolute Gasteiger partial charge is 0.311 e. The van der Waals surface area contributed by atoms with E-state index in [1.807, 2.05) is 0 Å². The average molecular weight is 292 g/mol. The molecule has 1 fully saturated rings. The Kier molecular flexibility index (Phi) is 4.72. The van der Waals surface area contributed by atoms with Crippen LogP contribution in [0.4, 0.5) is 5.82 Å². The predicted molar refractivity (Wildman–Crippen MR) is 76.3 cm³/mol. The van der Waals surface area contributed by atoms with Gasteiger partial charge in [-0.2, -0.15) is 5.10 Å². The zero-order valence-corrected chi connectivity index (χ0v) is 12.3. The van der Waals surface area contributed by atoms with Crippen LogP contribution < -0.4 is 5.32 Å². The molecule has 0 spiro atoms. The first-order valence-corrected chi connectivity index (χ1v) is 7.12. The summed E-state index contributed by atoms with van der Waals surface area (Å²) in [5, 5.41) is 6.92. The van der Waals surface area contributed by atoms with Crippen LogP contribution in [-0.2, 0) is 20.9 Å². The van der Waals surface area contributed by atoms with Crippen LogP contribution >= 0.6 is 0 Å². The summed E-state index contributed by atoms with van der Waals surface area (Å²) in [5.74, 6) is 0.427. The topological polar surface area (TPSA) is 84.3 Å². The summed E-state index contributed by atoms with van der Waals surface area (Å²) in [4.78, 5) is 36.0. The first kappa shape index (κ1) is 15.2. The molecule has 1 aromatic heterocycles. The molecule has 0 aliphatic carbocycles. The van der Waals surface area contributed by atoms with Gasteiger partial charge in [-0.25, -0.2) is 4.68 Å². The minimum absolute atomic E-state index is 0.102. The molecule has 1 N–H and O–H groups in total. The molecule has 1 aromatic rings. The van der Waals surface area contributed by atoms with Gasteiger partial charge in [0.25, 0.3) is 0 Å². The molecule has 0 bridgehead atoms. The third kappa shape index (κ3) is 3.90. The van der Waals surface area contributed by atoms with E-state index in [2.05, 4.69) is 24.3 Å². The van der Waals surface area contributed by atoms with Gasteiger partial charge < -0.3 is 5.32 Å². The smallest absolute Gasteiger partial charge is 0.229 e. The number of hydrogen-bond donors (Lipinski definition) is 1. The van der Waals surface area contributed by atoms with E-state index in [1.165, 1.54) is 0 Å². The quantitative estimate of drug-likeness (QED) is 0.793. The highest BCUT2D eigenvalue weighted by atomic mass is 16.2. The highest BCUT2D eigenvalue weighted by Crippen LogP contribution is 2.13. The lowest BCUT2D eigenvalue weighted by Crippen LogP contribution is -2.32. The SMILES string of the molecule is CC(C)Cn1nccc1NC(=O)CCN1C(=O)CCC1=O. The molecule has 21 heavy (non-hydrogen) atoms. The second-order valence-corrected chi connectivity index (χ2v) is 5.53. The monoisotopic (exact) mass is 292 g/mol. The highest BCUT2D eigenvalue weighted by Gasteiger charge is 2.28. The number of amides is 3. The van der Waals surface area contributed by atoms with Gasteiger partial charge in [-0.05, 0) is 5.92 Å². The molecular weight excluding hydrogens is 272 g/mol. The van der Waals surface area contributed by atoms with Gasteiger partial charge in [-0.15, -0.1) is 0 Å². The van der Waals surface area contributed by atoms with Gasteiger partial charge in [-0.1, -0.05) is 13.8 Å². The normalized spacial score (nSPS) is 15.1. The van der Waals surface area contributed by atoms with Gasteiger partial charge >= 0.3 is 0 Å². The van der Waals surface area contributed by atoms with Crippen molar-refractivity contribution < 1.29 is 14.4 Å². The van der Waals surface area contributed by atoms with Crippen LogP contribution in [0.5, 0.6) is 0 Å². The van der Waals surface area contributed by atoms with Gasteiger partial charge in [0.1, 0.15) is 5.82 Å². The fourth-order valence-electron chi connectivity index (χ4n) is 2.22. The standard InChI is InChI=1S/C14H20N4O3/c1-10(2)9-18-11(5-7-15-18)16-12(19)6-8-17-13(20)3-4-14(17)21/h5,7,10H,3-4,6,8-9H2,1-2H3,(H,16,19). The van der Waals surface area contributed by atoms with E-state index in [4.69, 9.17) is 0 Å². The molecule has 1 aliphatic rings. The van der Waals surface area contributed by atoms with E-state index in [0.29, 0.717) is 18.3 Å². The molecule has 7 nitrogen and oxygen atoms in total. The van der Waals surface area contributed by atoms with Crippen LogP contribution in [0.25, 0.3) is 0 Å². The lowest BCUT2D eigenvalue weighted by atomic mass is 10.2. The fourth-order valence-corrected chi connectivity index (χ4v) is 2.22. The maximum atomic E-state index is 11.9. The van der Waals surface area contributed by atoms with Crippen molar-refractivity contribution in [2.24, 2.45) is 5.92 Å². The van der Waals surface area contributed by atoms with Crippen molar-refractivity contribution in [1.29, 1.82) is 0 Å². The number of anilines is 1. The third-order valence-corrected chi connectivity index (χ3v) is 3.24. The van der Waals surface area contributed by atoms with Crippen molar-refractivity contribution in [1.82, 2.24) is 14.7 Å². The molecule has 3 amide bonds. The lowest BCUT2D eigenvalue weighted by Gasteiger charge is -2.14. The van der Waals surface area contributed by atoms with Gasteiger partial charge in [0, 0.05) is 38.4 Å². The average Bonchev–Trinajstić information content (AvgIpc) is 2.95. The summed E-state index contributed by atoms with van der Waals surface area (Å²) < 4.78 is 1.73. The maximum Gasteiger partial charge on any atom is 0.229 e. The number of rotatable bonds is 6. The summed E-state index contributed by atoms with van der Waals surface area (Å²) in [7, 11) is 0. The summed E-state index contributed by atoms with van der Waals surface area (Å²) in [6, 6.07) is 1.73. The van der Waals surface area contributed by atoms with E-state index in [1.54, 1.807) is 16.9 Å². The zero-order valence-electron chi connectivity index (χ0n) is 12.3. The van der Waals surface area contributed by atoms with Crippen LogP contribution in [0.1, 0.15) is 33.1 Å². The number of hydrogen-bond acceptors (Lipinski definition) is 4. The van der Waals surface area contributed by atoms with Gasteiger partial charge in [0.2, 0.25) is 17.7 Å². The highest BCUT2D eigenvalue weighted by molar-refractivity contribution is 6.02. The summed E-state index contributed by atoms with van der Waals surface area (Å²) >= 11 is 0. The van der Waals surface area contributed by atoms with Crippen molar-refractivity contribution in [3.8, 4) is 0 Å². The number of nitrogens with zero attached hydrogens (tertiary/aromatic N) is 3. The Labute approximate surface area is 123 Å². The number of aromatic nitrogens is 2. The van der Waals surface area contributed by atoms with Crippen molar-refractivity contribution in [2.75, 3.05) is 11.9 Å². The van der Waals surface area contributed by atoms with Crippen LogP contribution in [0.2, 0.25) is 0 Å². The molecule has 114 valence electrons. The molecule has 1 aliphatic heterocycles. The zero-order chi connectivity index (χ0) is 15.4. The van der Waals surface area contributed by atoms with Gasteiger partial charge in [-0.3, -0.25) is 19.3 Å². The van der Waals surface area contributed by atoms with Crippen molar-refractivity contribution in [3.05, 3.63) is 12.3 Å². The summed E-state index contributed by atoms with van der Waals surface area (Å²) in [6.45, 7) is 4.99. The van der Waals surface area contributed by atoms with E-state index in [0.717, 1.165) is 4.90 Å². The van der Waals surface area contributed by atoms with Crippen molar-refractivity contribution >= 4 is 23.5 Å². The third-order valence-electron chi connectivity index (χ3n) is 3.24. The first-order valence-electron chi connectivity index (χ1n) is 7.12. The number of imide groups is 1. The molecule has 0 saturated carbocycles. The second kappa shape index (κ2) is 6.51. The number of nitrogens with one attached hydrogen (secondary N) is 1. The molecule has 0 radical (unpaired) electrons. The Hall–Kier alpha value is -2.18. The number of likely N-dealkylation sites (tertiary alicyclic amines) is 1. The molecule has 2 rings (SSSR count). The summed E-state index contributed by atoms with van der Waals surface area (Å²) in [6.07, 6.45) is 2.24. The van der Waals surface area contributed by atoms with E-state index in [-0.39, 0.29) is 43.5 Å². The predicted octanol–water partition coefficient (Wildman–Crippen LogP) is 1.02. The Balaban J connectivity index is 1.86. The van der Waals surface area contributed by atoms with Crippen molar-refractivity contribution in [3.63, 3.8) is 0 Å². The Morgan fingerprint density at radius 2 is 2.00 bits per heavy atom. The van der Waals surface area contributed by atoms with Crippen LogP contribution in [0.3, 0.4) is 0 Å². The maximum absolute atomic E-state index is 11.9. The first-order chi connectivity index (χ1) is 9.97. The van der Waals surface area contributed by atoms with E-state index in [9.17, 15) is 14.4 Å². The summed E-state index contributed by atoms with van der Waals surface area (Å²) in [5.41, 5.74) is 0. The lowest BCUT2D eigenvalue weighted by molar-refractivity contribution is -0.138. The minimum atomic E-state index is -0.229. The molecule has 0 aromatic carbocycles. The molecular formula is C14H20N4O3. The van der Waals surface area contributed by atoms with Crippen LogP contribution in [0.15, 0.2) is 12.3 Å². The van der Waals surface area contributed by atoms with Crippen molar-refractivity contribution in [2.45, 2.75) is 39.7 Å². The molecule has 1 saturated heterocycles. The van der Waals surface area contributed by atoms with Crippen LogP contribution in [0, 0.1) is 5.92 Å². The Morgan fingerprint density at radius 1 is 1.33 bits per heavy atom. The second-order valence-electron chi connectivity index (χ2n) is 5.53.